The van der Waals surface area contributed by atoms with Crippen molar-refractivity contribution in [1.29, 1.82) is 0 Å². The number of halogens is 1. The van der Waals surface area contributed by atoms with Gasteiger partial charge in [-0.2, -0.15) is 0 Å². The number of carbonyl (C=O) groups is 1. The third kappa shape index (κ3) is 5.89. The van der Waals surface area contributed by atoms with Crippen LogP contribution in [0.5, 0.6) is 11.5 Å². The van der Waals surface area contributed by atoms with Crippen LogP contribution in [-0.4, -0.2) is 18.1 Å². The van der Waals surface area contributed by atoms with E-state index in [1.54, 1.807) is 6.92 Å². The van der Waals surface area contributed by atoms with Gasteiger partial charge in [0.2, 0.25) is 0 Å². The summed E-state index contributed by atoms with van der Waals surface area (Å²) in [4.78, 5) is 12.1. The van der Waals surface area contributed by atoms with Crippen molar-refractivity contribution in [3.05, 3.63) is 58.6 Å². The van der Waals surface area contributed by atoms with E-state index in [-0.39, 0.29) is 12.0 Å². The fourth-order valence-corrected chi connectivity index (χ4v) is 2.33. The van der Waals surface area contributed by atoms with Crippen LogP contribution in [0.25, 0.3) is 0 Å². The second-order valence-electron chi connectivity index (χ2n) is 5.74. The lowest BCUT2D eigenvalue weighted by Crippen LogP contribution is -2.35. The summed E-state index contributed by atoms with van der Waals surface area (Å²) in [5.41, 5.74) is 1.01. The maximum atomic E-state index is 12.1. The lowest BCUT2D eigenvalue weighted by Gasteiger charge is -2.15. The molecule has 0 aromatic heterocycles. The van der Waals surface area contributed by atoms with Gasteiger partial charge in [-0.3, -0.25) is 4.79 Å². The molecule has 1 atom stereocenters. The van der Waals surface area contributed by atoms with Crippen molar-refractivity contribution in [1.82, 2.24) is 5.32 Å². The second-order valence-corrected chi connectivity index (χ2v) is 6.66. The first kappa shape index (κ1) is 18.3. The average Bonchev–Trinajstić information content (AvgIpc) is 2.55. The SMILES string of the molecule is CC(C)Oc1ccc(CNC(=O)[C@@H](C)Oc2ccc(Br)cc2)cc1. The molecule has 24 heavy (non-hydrogen) atoms. The van der Waals surface area contributed by atoms with Crippen molar-refractivity contribution in [3.8, 4) is 11.5 Å². The van der Waals surface area contributed by atoms with E-state index in [0.29, 0.717) is 12.3 Å². The Morgan fingerprint density at radius 1 is 0.958 bits per heavy atom. The highest BCUT2D eigenvalue weighted by Gasteiger charge is 2.14. The molecule has 0 bridgehead atoms. The molecular formula is C19H22BrNO3. The van der Waals surface area contributed by atoms with Crippen molar-refractivity contribution in [2.75, 3.05) is 0 Å². The molecule has 0 saturated carbocycles. The van der Waals surface area contributed by atoms with E-state index in [2.05, 4.69) is 21.2 Å². The standard InChI is InChI=1S/C19H22BrNO3/c1-13(2)23-17-8-4-15(5-9-17)12-21-19(22)14(3)24-18-10-6-16(20)7-11-18/h4-11,13-14H,12H2,1-3H3,(H,21,22)/t14-/m1/s1. The molecule has 0 aliphatic heterocycles. The number of rotatable bonds is 7. The summed E-state index contributed by atoms with van der Waals surface area (Å²) < 4.78 is 12.2. The lowest BCUT2D eigenvalue weighted by molar-refractivity contribution is -0.127. The Balaban J connectivity index is 1.82. The molecule has 0 fully saturated rings. The molecule has 0 unspecified atom stereocenters. The minimum Gasteiger partial charge on any atom is -0.491 e. The van der Waals surface area contributed by atoms with E-state index in [4.69, 9.17) is 9.47 Å². The smallest absolute Gasteiger partial charge is 0.261 e. The highest BCUT2D eigenvalue weighted by molar-refractivity contribution is 9.10. The van der Waals surface area contributed by atoms with Gasteiger partial charge in [-0.1, -0.05) is 28.1 Å². The van der Waals surface area contributed by atoms with Crippen LogP contribution in [0.4, 0.5) is 0 Å². The Labute approximate surface area is 151 Å². The molecule has 0 heterocycles. The zero-order chi connectivity index (χ0) is 17.5. The molecule has 5 heteroatoms. The van der Waals surface area contributed by atoms with Crippen LogP contribution in [0.1, 0.15) is 26.3 Å². The molecule has 0 spiro atoms. The number of nitrogens with one attached hydrogen (secondary N) is 1. The molecule has 0 aliphatic carbocycles. The molecule has 1 N–H and O–H groups in total. The number of hydrogen-bond acceptors (Lipinski definition) is 3. The first-order chi connectivity index (χ1) is 11.4. The second kappa shape index (κ2) is 8.73. The van der Waals surface area contributed by atoms with Crippen LogP contribution in [0.15, 0.2) is 53.0 Å². The Morgan fingerprint density at radius 2 is 1.50 bits per heavy atom. The highest BCUT2D eigenvalue weighted by atomic mass is 79.9. The van der Waals surface area contributed by atoms with E-state index in [0.717, 1.165) is 15.8 Å². The summed E-state index contributed by atoms with van der Waals surface area (Å²) in [6.45, 7) is 6.16. The van der Waals surface area contributed by atoms with Gasteiger partial charge in [0.05, 0.1) is 6.10 Å². The summed E-state index contributed by atoms with van der Waals surface area (Å²) in [7, 11) is 0. The molecule has 2 aromatic carbocycles. The van der Waals surface area contributed by atoms with Crippen molar-refractivity contribution in [3.63, 3.8) is 0 Å². The van der Waals surface area contributed by atoms with Crippen LogP contribution in [0.3, 0.4) is 0 Å². The number of ether oxygens (including phenoxy) is 2. The van der Waals surface area contributed by atoms with Gasteiger partial charge in [-0.15, -0.1) is 0 Å². The summed E-state index contributed by atoms with van der Waals surface area (Å²) >= 11 is 3.37. The molecule has 4 nitrogen and oxygen atoms in total. The minimum absolute atomic E-state index is 0.146. The van der Waals surface area contributed by atoms with Crippen LogP contribution in [0, 0.1) is 0 Å². The van der Waals surface area contributed by atoms with Gasteiger partial charge < -0.3 is 14.8 Å². The third-order valence-corrected chi connectivity index (χ3v) is 3.79. The summed E-state index contributed by atoms with van der Waals surface area (Å²) in [6, 6.07) is 15.1. The Bertz CT molecular complexity index is 653. The topological polar surface area (TPSA) is 47.6 Å². The molecule has 1 amide bonds. The van der Waals surface area contributed by atoms with Crippen molar-refractivity contribution < 1.29 is 14.3 Å². The first-order valence-electron chi connectivity index (χ1n) is 7.89. The van der Waals surface area contributed by atoms with Gasteiger partial charge in [0.15, 0.2) is 6.10 Å². The van der Waals surface area contributed by atoms with Gasteiger partial charge in [0.1, 0.15) is 11.5 Å². The number of amides is 1. The molecule has 0 radical (unpaired) electrons. The molecule has 2 aromatic rings. The number of benzene rings is 2. The maximum absolute atomic E-state index is 12.1. The zero-order valence-electron chi connectivity index (χ0n) is 14.1. The molecular weight excluding hydrogens is 370 g/mol. The third-order valence-electron chi connectivity index (χ3n) is 3.26. The lowest BCUT2D eigenvalue weighted by atomic mass is 10.2. The summed E-state index contributed by atoms with van der Waals surface area (Å²) in [6.07, 6.45) is -0.415. The van der Waals surface area contributed by atoms with Crippen molar-refractivity contribution >= 4 is 21.8 Å². The fraction of sp³-hybridized carbons (Fsp3) is 0.316. The summed E-state index contributed by atoms with van der Waals surface area (Å²) in [5, 5.41) is 2.88. The zero-order valence-corrected chi connectivity index (χ0v) is 15.7. The normalized spacial score (nSPS) is 11.9. The maximum Gasteiger partial charge on any atom is 0.261 e. The van der Waals surface area contributed by atoms with Crippen molar-refractivity contribution in [2.24, 2.45) is 0 Å². The van der Waals surface area contributed by atoms with Crippen molar-refractivity contribution in [2.45, 2.75) is 39.5 Å². The minimum atomic E-state index is -0.560. The average molecular weight is 392 g/mol. The predicted molar refractivity (Wildman–Crippen MR) is 98.3 cm³/mol. The van der Waals surface area contributed by atoms with Crippen LogP contribution in [-0.2, 0) is 11.3 Å². The monoisotopic (exact) mass is 391 g/mol. The summed E-state index contributed by atoms with van der Waals surface area (Å²) in [5.74, 6) is 1.34. The Kier molecular flexibility index (Phi) is 6.67. The van der Waals surface area contributed by atoms with Gasteiger partial charge in [0.25, 0.3) is 5.91 Å². The number of carbonyl (C=O) groups excluding carboxylic acids is 1. The highest BCUT2D eigenvalue weighted by Crippen LogP contribution is 2.17. The molecule has 128 valence electrons. The largest absolute Gasteiger partial charge is 0.491 e. The predicted octanol–water partition coefficient (Wildman–Crippen LogP) is 4.32. The quantitative estimate of drug-likeness (QED) is 0.764. The van der Waals surface area contributed by atoms with E-state index >= 15 is 0 Å². The van der Waals surface area contributed by atoms with Crippen LogP contribution in [0.2, 0.25) is 0 Å². The Hall–Kier alpha value is -2.01. The molecule has 0 saturated heterocycles. The number of hydrogen-bond donors (Lipinski definition) is 1. The van der Waals surface area contributed by atoms with E-state index in [9.17, 15) is 4.79 Å². The molecule has 2 rings (SSSR count). The Morgan fingerprint density at radius 3 is 2.08 bits per heavy atom. The van der Waals surface area contributed by atoms with Crippen LogP contribution >= 0.6 is 15.9 Å². The first-order valence-corrected chi connectivity index (χ1v) is 8.69. The van der Waals surface area contributed by atoms with E-state index < -0.39 is 6.10 Å². The fourth-order valence-electron chi connectivity index (χ4n) is 2.06. The van der Waals surface area contributed by atoms with E-state index in [1.807, 2.05) is 62.4 Å². The van der Waals surface area contributed by atoms with Gasteiger partial charge >= 0.3 is 0 Å². The molecule has 0 aliphatic rings. The van der Waals surface area contributed by atoms with Gasteiger partial charge in [-0.25, -0.2) is 0 Å². The van der Waals surface area contributed by atoms with Crippen LogP contribution < -0.4 is 14.8 Å². The van der Waals surface area contributed by atoms with Gasteiger partial charge in [0, 0.05) is 11.0 Å². The van der Waals surface area contributed by atoms with Gasteiger partial charge in [-0.05, 0) is 62.7 Å². The van der Waals surface area contributed by atoms with E-state index in [1.165, 1.54) is 0 Å².